The minimum atomic E-state index is -0.792. The molecule has 0 aliphatic heterocycles. The second kappa shape index (κ2) is 5.16. The summed E-state index contributed by atoms with van der Waals surface area (Å²) in [5, 5.41) is 9.28. The number of methoxy groups -OCH3 is 1. The van der Waals surface area contributed by atoms with Crippen molar-refractivity contribution in [1.29, 1.82) is 0 Å². The molecule has 1 aliphatic rings. The van der Waals surface area contributed by atoms with Gasteiger partial charge in [-0.05, 0) is 72.2 Å². The number of carbonyl (C=O) groups is 1. The van der Waals surface area contributed by atoms with Gasteiger partial charge in [0.25, 0.3) is 0 Å². The molecule has 104 valence electrons. The van der Waals surface area contributed by atoms with Crippen LogP contribution in [0.4, 0.5) is 0 Å². The largest absolute Gasteiger partial charge is 0.495 e. The lowest BCUT2D eigenvalue weighted by Crippen LogP contribution is -2.26. The molecule has 0 spiro atoms. The van der Waals surface area contributed by atoms with Crippen molar-refractivity contribution in [3.05, 3.63) is 27.2 Å². The van der Waals surface area contributed by atoms with E-state index in [0.29, 0.717) is 6.42 Å². The van der Waals surface area contributed by atoms with E-state index in [9.17, 15) is 9.90 Å². The second-order valence-electron chi connectivity index (χ2n) is 5.74. The van der Waals surface area contributed by atoms with Crippen LogP contribution < -0.4 is 4.74 Å². The topological polar surface area (TPSA) is 46.5 Å². The molecule has 19 heavy (non-hydrogen) atoms. The first kappa shape index (κ1) is 14.4. The van der Waals surface area contributed by atoms with Gasteiger partial charge in [0.05, 0.1) is 17.0 Å². The summed E-state index contributed by atoms with van der Waals surface area (Å²) in [7, 11) is 1.64. The number of benzene rings is 1. The number of rotatable bonds is 4. The Morgan fingerprint density at radius 3 is 2.74 bits per heavy atom. The minimum Gasteiger partial charge on any atom is -0.495 e. The zero-order valence-corrected chi connectivity index (χ0v) is 13.1. The third-order valence-electron chi connectivity index (χ3n) is 3.78. The maximum Gasteiger partial charge on any atom is 0.309 e. The first-order valence-electron chi connectivity index (χ1n) is 6.47. The molecule has 0 atom stereocenters. The van der Waals surface area contributed by atoms with E-state index >= 15 is 0 Å². The van der Waals surface area contributed by atoms with Gasteiger partial charge < -0.3 is 9.84 Å². The monoisotopic (exact) mass is 326 g/mol. The molecule has 2 rings (SSSR count). The van der Waals surface area contributed by atoms with E-state index < -0.39 is 11.4 Å². The van der Waals surface area contributed by atoms with Gasteiger partial charge in [0.1, 0.15) is 5.75 Å². The van der Waals surface area contributed by atoms with Crippen molar-refractivity contribution in [1.82, 2.24) is 0 Å². The summed E-state index contributed by atoms with van der Waals surface area (Å²) >= 11 is 3.62. The Kier molecular flexibility index (Phi) is 3.90. The molecule has 4 heteroatoms. The molecule has 0 radical (unpaired) electrons. The molecule has 0 aromatic heterocycles. The van der Waals surface area contributed by atoms with Gasteiger partial charge >= 0.3 is 5.97 Å². The molecular formula is C15H19BrO3. The molecule has 0 unspecified atom stereocenters. The normalized spacial score (nSPS) is 14.3. The highest BCUT2D eigenvalue weighted by Gasteiger charge is 2.30. The summed E-state index contributed by atoms with van der Waals surface area (Å²) in [6.45, 7) is 3.49. The number of ether oxygens (including phenoxy) is 1. The Morgan fingerprint density at radius 1 is 1.47 bits per heavy atom. The van der Waals surface area contributed by atoms with E-state index in [1.165, 1.54) is 11.1 Å². The Labute approximate surface area is 122 Å². The van der Waals surface area contributed by atoms with Crippen LogP contribution in [0, 0.1) is 5.41 Å². The summed E-state index contributed by atoms with van der Waals surface area (Å²) in [5.41, 5.74) is 2.82. The van der Waals surface area contributed by atoms with Crippen LogP contribution in [0.2, 0.25) is 0 Å². The fourth-order valence-corrected chi connectivity index (χ4v) is 3.50. The summed E-state index contributed by atoms with van der Waals surface area (Å²) in [6, 6.07) is 2.12. The molecule has 0 fully saturated rings. The van der Waals surface area contributed by atoms with Gasteiger partial charge in [0, 0.05) is 0 Å². The van der Waals surface area contributed by atoms with Crippen LogP contribution in [0.3, 0.4) is 0 Å². The smallest absolute Gasteiger partial charge is 0.309 e. The number of hydrogen-bond donors (Lipinski definition) is 1. The number of carboxylic acids is 1. The van der Waals surface area contributed by atoms with Crippen LogP contribution in [0.1, 0.15) is 37.0 Å². The maximum atomic E-state index is 11.3. The van der Waals surface area contributed by atoms with Crippen molar-refractivity contribution in [2.24, 2.45) is 5.41 Å². The van der Waals surface area contributed by atoms with Gasteiger partial charge in [0.15, 0.2) is 0 Å². The van der Waals surface area contributed by atoms with Crippen LogP contribution in [0.15, 0.2) is 10.5 Å². The van der Waals surface area contributed by atoms with Crippen molar-refractivity contribution in [2.45, 2.75) is 39.5 Å². The molecule has 0 saturated carbocycles. The van der Waals surface area contributed by atoms with Gasteiger partial charge in [-0.25, -0.2) is 0 Å². The zero-order chi connectivity index (χ0) is 14.2. The Bertz CT molecular complexity index is 521. The van der Waals surface area contributed by atoms with Gasteiger partial charge in [-0.3, -0.25) is 4.79 Å². The van der Waals surface area contributed by atoms with Crippen molar-refractivity contribution in [3.8, 4) is 5.75 Å². The lowest BCUT2D eigenvalue weighted by atomic mass is 9.85. The fraction of sp³-hybridized carbons (Fsp3) is 0.533. The van der Waals surface area contributed by atoms with Gasteiger partial charge in [-0.2, -0.15) is 0 Å². The number of aliphatic carboxylic acids is 1. The van der Waals surface area contributed by atoms with Crippen LogP contribution in [0.25, 0.3) is 0 Å². The van der Waals surface area contributed by atoms with Crippen molar-refractivity contribution in [2.75, 3.05) is 7.11 Å². The number of fused-ring (bicyclic) bond motifs is 1. The average molecular weight is 327 g/mol. The molecule has 0 amide bonds. The number of halogens is 1. The third kappa shape index (κ3) is 2.64. The van der Waals surface area contributed by atoms with Gasteiger partial charge in [-0.15, -0.1) is 0 Å². The highest BCUT2D eigenvalue weighted by atomic mass is 79.9. The molecule has 1 N–H and O–H groups in total. The van der Waals surface area contributed by atoms with Crippen molar-refractivity contribution >= 4 is 21.9 Å². The number of hydrogen-bond acceptors (Lipinski definition) is 2. The molecule has 1 aromatic carbocycles. The Hall–Kier alpha value is -1.03. The van der Waals surface area contributed by atoms with Gasteiger partial charge in [-0.1, -0.05) is 6.07 Å². The molecule has 1 aromatic rings. The maximum absolute atomic E-state index is 11.3. The second-order valence-corrected chi connectivity index (χ2v) is 6.53. The van der Waals surface area contributed by atoms with Crippen LogP contribution >= 0.6 is 15.9 Å². The fourth-order valence-electron chi connectivity index (χ4n) is 2.63. The van der Waals surface area contributed by atoms with Crippen LogP contribution in [0.5, 0.6) is 5.75 Å². The summed E-state index contributed by atoms with van der Waals surface area (Å²) in [5.74, 6) is 0.00106. The molecular weight excluding hydrogens is 308 g/mol. The lowest BCUT2D eigenvalue weighted by molar-refractivity contribution is -0.146. The van der Waals surface area contributed by atoms with Gasteiger partial charge in [0.2, 0.25) is 0 Å². The first-order valence-corrected chi connectivity index (χ1v) is 7.26. The first-order chi connectivity index (χ1) is 8.86. The van der Waals surface area contributed by atoms with Crippen LogP contribution in [-0.4, -0.2) is 18.2 Å². The van der Waals surface area contributed by atoms with Crippen molar-refractivity contribution < 1.29 is 14.6 Å². The zero-order valence-electron chi connectivity index (χ0n) is 11.5. The lowest BCUT2D eigenvalue weighted by Gasteiger charge is -2.22. The standard InChI is InChI=1S/C15H19BrO3/c1-15(2,14(17)18)8-10-7-9-5-4-6-11(9)12(16)13(10)19-3/h7H,4-6,8H2,1-3H3,(H,17,18). The van der Waals surface area contributed by atoms with E-state index in [4.69, 9.17) is 4.74 Å². The molecule has 1 aliphatic carbocycles. The van der Waals surface area contributed by atoms with E-state index in [2.05, 4.69) is 22.0 Å². The van der Waals surface area contributed by atoms with E-state index in [1.54, 1.807) is 21.0 Å². The molecule has 0 bridgehead atoms. The third-order valence-corrected chi connectivity index (χ3v) is 4.62. The number of carboxylic acid groups (broad SMARTS) is 1. The van der Waals surface area contributed by atoms with E-state index in [1.807, 2.05) is 0 Å². The quantitative estimate of drug-likeness (QED) is 0.919. The SMILES string of the molecule is COc1c(CC(C)(C)C(=O)O)cc2c(c1Br)CCC2. The van der Waals surface area contributed by atoms with E-state index in [0.717, 1.165) is 35.0 Å². The highest BCUT2D eigenvalue weighted by Crippen LogP contribution is 2.41. The summed E-state index contributed by atoms with van der Waals surface area (Å²) < 4.78 is 6.49. The molecule has 3 nitrogen and oxygen atoms in total. The predicted octanol–water partition coefficient (Wildman–Crippen LogP) is 3.60. The highest BCUT2D eigenvalue weighted by molar-refractivity contribution is 9.10. The van der Waals surface area contributed by atoms with E-state index in [-0.39, 0.29) is 0 Å². The Balaban J connectivity index is 2.46. The average Bonchev–Trinajstić information content (AvgIpc) is 2.77. The van der Waals surface area contributed by atoms with Crippen LogP contribution in [-0.2, 0) is 24.1 Å². The Morgan fingerprint density at radius 2 is 2.16 bits per heavy atom. The number of aryl methyl sites for hydroxylation is 1. The van der Waals surface area contributed by atoms with Crippen molar-refractivity contribution in [3.63, 3.8) is 0 Å². The predicted molar refractivity (Wildman–Crippen MR) is 77.8 cm³/mol. The minimum absolute atomic E-state index is 0.470. The summed E-state index contributed by atoms with van der Waals surface area (Å²) in [6.07, 6.45) is 3.76. The molecule has 0 saturated heterocycles. The summed E-state index contributed by atoms with van der Waals surface area (Å²) in [4.78, 5) is 11.3. The molecule has 0 heterocycles.